The lowest BCUT2D eigenvalue weighted by molar-refractivity contribution is -0.140. The van der Waals surface area contributed by atoms with Gasteiger partial charge < -0.3 is 10.1 Å². The lowest BCUT2D eigenvalue weighted by Gasteiger charge is -2.03. The predicted molar refractivity (Wildman–Crippen MR) is 69.0 cm³/mol. The van der Waals surface area contributed by atoms with E-state index in [1.165, 1.54) is 7.11 Å². The molecular formula is C14H15NO4. The maximum Gasteiger partial charge on any atom is 0.305 e. The van der Waals surface area contributed by atoms with Gasteiger partial charge in [0.25, 0.3) is 0 Å². The van der Waals surface area contributed by atoms with Gasteiger partial charge in [0.05, 0.1) is 13.5 Å². The Balaban J connectivity index is 1.95. The van der Waals surface area contributed by atoms with Gasteiger partial charge >= 0.3 is 5.97 Å². The van der Waals surface area contributed by atoms with Gasteiger partial charge in [-0.05, 0) is 30.2 Å². The molecule has 0 aromatic heterocycles. The Morgan fingerprint density at radius 1 is 1.32 bits per heavy atom. The van der Waals surface area contributed by atoms with Gasteiger partial charge in [0.15, 0.2) is 5.78 Å². The summed E-state index contributed by atoms with van der Waals surface area (Å²) < 4.78 is 4.51. The molecule has 0 atom stereocenters. The Bertz CT molecular complexity index is 536. The van der Waals surface area contributed by atoms with Crippen molar-refractivity contribution >= 4 is 23.3 Å². The standard InChI is InChI=1S/C14H15NO4/c1-19-14(18)4-2-3-12(16)9-5-6-11-10(7-9)8-13(17)15-11/h5-7H,2-4,8H2,1H3,(H,15,17). The first-order chi connectivity index (χ1) is 9.10. The van der Waals surface area contributed by atoms with Crippen molar-refractivity contribution in [3.63, 3.8) is 0 Å². The maximum atomic E-state index is 11.9. The zero-order valence-electron chi connectivity index (χ0n) is 10.7. The SMILES string of the molecule is COC(=O)CCCC(=O)c1ccc2c(c1)CC(=O)N2. The van der Waals surface area contributed by atoms with Crippen LogP contribution in [0, 0.1) is 0 Å². The number of hydrogen-bond acceptors (Lipinski definition) is 4. The third kappa shape index (κ3) is 3.19. The zero-order valence-corrected chi connectivity index (χ0v) is 10.7. The van der Waals surface area contributed by atoms with Crippen LogP contribution < -0.4 is 5.32 Å². The maximum absolute atomic E-state index is 11.9. The van der Waals surface area contributed by atoms with Crippen LogP contribution in [-0.2, 0) is 20.7 Å². The molecular weight excluding hydrogens is 246 g/mol. The van der Waals surface area contributed by atoms with E-state index in [4.69, 9.17) is 0 Å². The van der Waals surface area contributed by atoms with Gasteiger partial charge in [0.2, 0.25) is 5.91 Å². The van der Waals surface area contributed by atoms with Crippen molar-refractivity contribution in [3.05, 3.63) is 29.3 Å². The third-order valence-electron chi connectivity index (χ3n) is 3.06. The molecule has 0 bridgehead atoms. The first-order valence-corrected chi connectivity index (χ1v) is 6.13. The fourth-order valence-electron chi connectivity index (χ4n) is 2.04. The summed E-state index contributed by atoms with van der Waals surface area (Å²) in [4.78, 5) is 34.1. The Labute approximate surface area is 110 Å². The van der Waals surface area contributed by atoms with Crippen LogP contribution in [0.25, 0.3) is 0 Å². The number of carbonyl (C=O) groups is 3. The van der Waals surface area contributed by atoms with E-state index >= 15 is 0 Å². The molecule has 1 amide bonds. The van der Waals surface area contributed by atoms with Crippen LogP contribution in [0.5, 0.6) is 0 Å². The average Bonchev–Trinajstić information content (AvgIpc) is 2.77. The van der Waals surface area contributed by atoms with Crippen molar-refractivity contribution < 1.29 is 19.1 Å². The van der Waals surface area contributed by atoms with Gasteiger partial charge in [-0.25, -0.2) is 0 Å². The summed E-state index contributed by atoms with van der Waals surface area (Å²) in [5.74, 6) is -0.382. The number of methoxy groups -OCH3 is 1. The van der Waals surface area contributed by atoms with E-state index in [1.807, 2.05) is 0 Å². The Hall–Kier alpha value is -2.17. The molecule has 0 radical (unpaired) electrons. The Kier molecular flexibility index (Phi) is 3.94. The van der Waals surface area contributed by atoms with Crippen molar-refractivity contribution in [2.45, 2.75) is 25.7 Å². The molecule has 100 valence electrons. The highest BCUT2D eigenvalue weighted by atomic mass is 16.5. The van der Waals surface area contributed by atoms with E-state index in [0.717, 1.165) is 11.3 Å². The van der Waals surface area contributed by atoms with Crippen LogP contribution >= 0.6 is 0 Å². The van der Waals surface area contributed by atoms with Gasteiger partial charge in [-0.15, -0.1) is 0 Å². The summed E-state index contributed by atoms with van der Waals surface area (Å²) in [7, 11) is 1.33. The predicted octanol–water partition coefficient (Wildman–Crippen LogP) is 1.71. The summed E-state index contributed by atoms with van der Waals surface area (Å²) >= 11 is 0. The first kappa shape index (κ1) is 13.3. The van der Waals surface area contributed by atoms with Gasteiger partial charge in [0, 0.05) is 24.1 Å². The topological polar surface area (TPSA) is 72.5 Å². The van der Waals surface area contributed by atoms with Crippen LogP contribution in [-0.4, -0.2) is 24.8 Å². The van der Waals surface area contributed by atoms with Crippen molar-refractivity contribution in [1.82, 2.24) is 0 Å². The smallest absolute Gasteiger partial charge is 0.305 e. The monoisotopic (exact) mass is 261 g/mol. The number of Topliss-reactive ketones (excluding diaryl/α,β-unsaturated/α-hetero) is 1. The second kappa shape index (κ2) is 5.65. The average molecular weight is 261 g/mol. The third-order valence-corrected chi connectivity index (χ3v) is 3.06. The highest BCUT2D eigenvalue weighted by molar-refractivity contribution is 6.02. The van der Waals surface area contributed by atoms with Crippen molar-refractivity contribution in [2.75, 3.05) is 12.4 Å². The Morgan fingerprint density at radius 3 is 2.84 bits per heavy atom. The summed E-state index contributed by atoms with van der Waals surface area (Å²) in [6.45, 7) is 0. The molecule has 1 aliphatic heterocycles. The molecule has 0 aliphatic carbocycles. The van der Waals surface area contributed by atoms with Gasteiger partial charge in [-0.2, -0.15) is 0 Å². The largest absolute Gasteiger partial charge is 0.469 e. The normalized spacial score (nSPS) is 12.8. The molecule has 0 spiro atoms. The fourth-order valence-corrected chi connectivity index (χ4v) is 2.04. The molecule has 0 unspecified atom stereocenters. The Morgan fingerprint density at radius 2 is 2.11 bits per heavy atom. The summed E-state index contributed by atoms with van der Waals surface area (Å²) in [5.41, 5.74) is 2.21. The second-order valence-electron chi connectivity index (χ2n) is 4.45. The molecule has 1 N–H and O–H groups in total. The molecule has 19 heavy (non-hydrogen) atoms. The molecule has 1 aliphatic rings. The molecule has 2 rings (SSSR count). The van der Waals surface area contributed by atoms with Gasteiger partial charge in [-0.3, -0.25) is 14.4 Å². The number of carbonyl (C=O) groups excluding carboxylic acids is 3. The van der Waals surface area contributed by atoms with Crippen LogP contribution in [0.3, 0.4) is 0 Å². The molecule has 0 fully saturated rings. The minimum absolute atomic E-state index is 0.0222. The number of rotatable bonds is 5. The van der Waals surface area contributed by atoms with E-state index < -0.39 is 0 Å². The summed E-state index contributed by atoms with van der Waals surface area (Å²) in [6, 6.07) is 5.19. The molecule has 5 heteroatoms. The number of fused-ring (bicyclic) bond motifs is 1. The van der Waals surface area contributed by atoms with Crippen molar-refractivity contribution in [3.8, 4) is 0 Å². The summed E-state index contributed by atoms with van der Waals surface area (Å²) in [6.07, 6.45) is 1.33. The fraction of sp³-hybridized carbons (Fsp3) is 0.357. The number of anilines is 1. The minimum atomic E-state index is -0.309. The van der Waals surface area contributed by atoms with Crippen LogP contribution in [0.2, 0.25) is 0 Å². The summed E-state index contributed by atoms with van der Waals surface area (Å²) in [5, 5.41) is 2.72. The lowest BCUT2D eigenvalue weighted by atomic mass is 10.0. The number of esters is 1. The van der Waals surface area contributed by atoms with Crippen molar-refractivity contribution in [2.24, 2.45) is 0 Å². The van der Waals surface area contributed by atoms with Gasteiger partial charge in [-0.1, -0.05) is 0 Å². The number of amides is 1. The molecule has 5 nitrogen and oxygen atoms in total. The van der Waals surface area contributed by atoms with Crippen molar-refractivity contribution in [1.29, 1.82) is 0 Å². The zero-order chi connectivity index (χ0) is 13.8. The van der Waals surface area contributed by atoms with E-state index in [2.05, 4.69) is 10.1 Å². The number of hydrogen-bond donors (Lipinski definition) is 1. The first-order valence-electron chi connectivity index (χ1n) is 6.13. The van der Waals surface area contributed by atoms with Crippen LogP contribution in [0.4, 0.5) is 5.69 Å². The van der Waals surface area contributed by atoms with E-state index in [9.17, 15) is 14.4 Å². The lowest BCUT2D eigenvalue weighted by Crippen LogP contribution is -2.04. The van der Waals surface area contributed by atoms with Gasteiger partial charge in [0.1, 0.15) is 0 Å². The number of benzene rings is 1. The highest BCUT2D eigenvalue weighted by Gasteiger charge is 2.19. The highest BCUT2D eigenvalue weighted by Crippen LogP contribution is 2.24. The van der Waals surface area contributed by atoms with E-state index in [-0.39, 0.29) is 24.1 Å². The quantitative estimate of drug-likeness (QED) is 0.647. The van der Waals surface area contributed by atoms with E-state index in [1.54, 1.807) is 18.2 Å². The molecule has 1 aromatic rings. The molecule has 1 heterocycles. The number of nitrogens with one attached hydrogen (secondary N) is 1. The molecule has 0 saturated heterocycles. The minimum Gasteiger partial charge on any atom is -0.469 e. The number of ether oxygens (including phenoxy) is 1. The van der Waals surface area contributed by atoms with Crippen LogP contribution in [0.15, 0.2) is 18.2 Å². The van der Waals surface area contributed by atoms with E-state index in [0.29, 0.717) is 24.8 Å². The number of ketones is 1. The molecule has 0 saturated carbocycles. The van der Waals surface area contributed by atoms with Crippen LogP contribution in [0.1, 0.15) is 35.2 Å². The second-order valence-corrected chi connectivity index (χ2v) is 4.45. The molecule has 1 aromatic carbocycles.